The van der Waals surface area contributed by atoms with Crippen LogP contribution in [0.3, 0.4) is 0 Å². The number of aromatic nitrogens is 2. The maximum absolute atomic E-state index is 4.60. The first-order valence-corrected chi connectivity index (χ1v) is 14.0. The van der Waals surface area contributed by atoms with Crippen molar-refractivity contribution in [2.45, 2.75) is 66.2 Å². The molecule has 2 aromatic heterocycles. The Kier molecular flexibility index (Phi) is 8.83. The molecule has 3 heteroatoms. The Balaban J connectivity index is 0.000000219. The minimum absolute atomic E-state index is 0. The van der Waals surface area contributed by atoms with Gasteiger partial charge in [-0.3, -0.25) is 0 Å². The molecule has 1 aliphatic rings. The number of pyridine rings is 2. The maximum Gasteiger partial charge on any atom is 0.0268 e. The Hall–Kier alpha value is -3.39. The van der Waals surface area contributed by atoms with Crippen molar-refractivity contribution in [1.82, 2.24) is 9.97 Å². The average molecular weight is 715 g/mol. The molecule has 0 spiro atoms. The van der Waals surface area contributed by atoms with Gasteiger partial charge in [-0.25, -0.2) is 0 Å². The Labute approximate surface area is 259 Å². The zero-order chi connectivity index (χ0) is 28.7. The molecule has 2 nitrogen and oxygen atoms in total. The van der Waals surface area contributed by atoms with Gasteiger partial charge in [0.25, 0.3) is 0 Å². The molecule has 3 aromatic carbocycles. The smallest absolute Gasteiger partial charge is 0.0268 e. The van der Waals surface area contributed by atoms with Gasteiger partial charge in [0.05, 0.1) is 0 Å². The van der Waals surface area contributed by atoms with Crippen LogP contribution in [-0.4, -0.2) is 9.97 Å². The average Bonchev–Trinajstić information content (AvgIpc) is 2.93. The van der Waals surface area contributed by atoms with Crippen LogP contribution in [0, 0.1) is 39.8 Å². The zero-order valence-corrected chi connectivity index (χ0v) is 27.7. The number of hydrogen-bond donors (Lipinski definition) is 0. The number of rotatable bonds is 2. The predicted molar refractivity (Wildman–Crippen MR) is 167 cm³/mol. The van der Waals surface area contributed by atoms with E-state index in [0.717, 1.165) is 28.2 Å². The van der Waals surface area contributed by atoms with E-state index >= 15 is 0 Å². The predicted octanol–water partition coefficient (Wildman–Crippen LogP) is 9.56. The Morgan fingerprint density at radius 1 is 0.610 bits per heavy atom. The largest absolute Gasteiger partial charge is 0.304 e. The van der Waals surface area contributed by atoms with Crippen LogP contribution in [0.25, 0.3) is 33.6 Å². The number of nitrogens with zero attached hydrogens (tertiary/aromatic N) is 2. The fourth-order valence-corrected chi connectivity index (χ4v) is 5.62. The molecule has 211 valence electrons. The summed E-state index contributed by atoms with van der Waals surface area (Å²) in [7, 11) is 0. The minimum atomic E-state index is 0. The van der Waals surface area contributed by atoms with Crippen molar-refractivity contribution < 1.29 is 20.1 Å². The van der Waals surface area contributed by atoms with Crippen LogP contribution in [0.2, 0.25) is 0 Å². The van der Waals surface area contributed by atoms with Crippen LogP contribution >= 0.6 is 0 Å². The van der Waals surface area contributed by atoms with Gasteiger partial charge in [0.1, 0.15) is 0 Å². The number of aryl methyl sites for hydroxylation is 4. The Bertz CT molecular complexity index is 1650. The quantitative estimate of drug-likeness (QED) is 0.170. The van der Waals surface area contributed by atoms with Gasteiger partial charge in [-0.15, -0.1) is 65.2 Å². The van der Waals surface area contributed by atoms with E-state index in [1.807, 2.05) is 37.4 Å². The van der Waals surface area contributed by atoms with E-state index in [4.69, 9.17) is 0 Å². The van der Waals surface area contributed by atoms with Crippen molar-refractivity contribution in [1.29, 1.82) is 0 Å². The van der Waals surface area contributed by atoms with Gasteiger partial charge >= 0.3 is 0 Å². The first-order valence-electron chi connectivity index (χ1n) is 14.0. The number of benzene rings is 3. The summed E-state index contributed by atoms with van der Waals surface area (Å²) in [4.78, 5) is 9.07. The number of hydrogen-bond acceptors (Lipinski definition) is 2. The van der Waals surface area contributed by atoms with Crippen molar-refractivity contribution in [2.24, 2.45) is 0 Å². The van der Waals surface area contributed by atoms with Crippen molar-refractivity contribution in [3.05, 3.63) is 131 Å². The molecule has 0 atom stereocenters. The van der Waals surface area contributed by atoms with Gasteiger partial charge in [0.2, 0.25) is 0 Å². The molecular formula is C38H38IrN2-2. The van der Waals surface area contributed by atoms with E-state index in [9.17, 15) is 0 Å². The molecule has 2 heterocycles. The summed E-state index contributed by atoms with van der Waals surface area (Å²) in [6.07, 6.45) is 1.92. The van der Waals surface area contributed by atoms with Crippen molar-refractivity contribution in [2.75, 3.05) is 0 Å². The summed E-state index contributed by atoms with van der Waals surface area (Å²) in [5.41, 5.74) is 14.4. The van der Waals surface area contributed by atoms with Gasteiger partial charge in [0.15, 0.2) is 0 Å². The molecule has 0 aliphatic heterocycles. The summed E-state index contributed by atoms with van der Waals surface area (Å²) in [6.45, 7) is 17.8. The Morgan fingerprint density at radius 3 is 2.00 bits per heavy atom. The standard InChI is InChI=1S/C25H26N.C13H12N.Ir/c1-16-7-10-19-20-14-18(23-12-8-17(2)15-26-23)9-11-21(20)24(3,4)25(5,6)22(19)13-16;1-10-8-11(2)14-13(9-10)12-6-4-3-5-7-12;/h7-8,10-15H,1-6H3;3-6,8-9H,1-2H3;/q2*-1;. The summed E-state index contributed by atoms with van der Waals surface area (Å²) >= 11 is 0. The maximum atomic E-state index is 4.60. The van der Waals surface area contributed by atoms with Gasteiger partial charge in [-0.05, 0) is 72.7 Å². The molecule has 1 aliphatic carbocycles. The Morgan fingerprint density at radius 2 is 1.34 bits per heavy atom. The summed E-state index contributed by atoms with van der Waals surface area (Å²) in [5, 5.41) is 0. The molecule has 0 fully saturated rings. The van der Waals surface area contributed by atoms with E-state index in [-0.39, 0.29) is 30.9 Å². The normalized spacial score (nSPS) is 14.0. The van der Waals surface area contributed by atoms with Crippen LogP contribution in [0.1, 0.15) is 61.2 Å². The van der Waals surface area contributed by atoms with E-state index in [0.29, 0.717) is 0 Å². The molecule has 0 saturated carbocycles. The van der Waals surface area contributed by atoms with Crippen LogP contribution < -0.4 is 0 Å². The van der Waals surface area contributed by atoms with E-state index < -0.39 is 0 Å². The van der Waals surface area contributed by atoms with Gasteiger partial charge in [0, 0.05) is 32.0 Å². The summed E-state index contributed by atoms with van der Waals surface area (Å²) in [5.74, 6) is 0. The molecule has 0 N–H and O–H groups in total. The van der Waals surface area contributed by atoms with Crippen molar-refractivity contribution in [3.8, 4) is 33.6 Å². The number of fused-ring (bicyclic) bond motifs is 3. The summed E-state index contributed by atoms with van der Waals surface area (Å²) < 4.78 is 0. The molecule has 6 rings (SSSR count). The monoisotopic (exact) mass is 715 g/mol. The van der Waals surface area contributed by atoms with E-state index in [1.165, 1.54) is 38.9 Å². The SMILES string of the molecule is Cc1cc(C)nc(-c2[c-]cccc2)c1.Cc1ccc(-c2[c-]cc3c(c2)-c2ccc(C)cc2C(C)(C)C3(C)C)nc1.[Ir]. The fraction of sp³-hybridized carbons (Fsp3) is 0.263. The third kappa shape index (κ3) is 5.98. The van der Waals surface area contributed by atoms with Crippen LogP contribution in [-0.2, 0) is 30.9 Å². The van der Waals surface area contributed by atoms with Gasteiger partial charge < -0.3 is 9.97 Å². The van der Waals surface area contributed by atoms with Crippen molar-refractivity contribution >= 4 is 0 Å². The van der Waals surface area contributed by atoms with E-state index in [2.05, 4.69) is 125 Å². The molecule has 1 radical (unpaired) electrons. The topological polar surface area (TPSA) is 25.8 Å². The molecule has 0 unspecified atom stereocenters. The third-order valence-corrected chi connectivity index (χ3v) is 8.60. The van der Waals surface area contributed by atoms with Crippen molar-refractivity contribution in [3.63, 3.8) is 0 Å². The first kappa shape index (κ1) is 30.6. The van der Waals surface area contributed by atoms with Gasteiger partial charge in [-0.2, -0.15) is 0 Å². The minimum Gasteiger partial charge on any atom is -0.304 e. The second-order valence-corrected chi connectivity index (χ2v) is 12.1. The molecular weight excluding hydrogens is 677 g/mol. The third-order valence-electron chi connectivity index (χ3n) is 8.60. The van der Waals surface area contributed by atoms with Crippen LogP contribution in [0.5, 0.6) is 0 Å². The van der Waals surface area contributed by atoms with Gasteiger partial charge in [-0.1, -0.05) is 80.8 Å². The summed E-state index contributed by atoms with van der Waals surface area (Å²) in [6, 6.07) is 34.3. The molecule has 5 aromatic rings. The zero-order valence-electron chi connectivity index (χ0n) is 25.3. The molecule has 0 saturated heterocycles. The van der Waals surface area contributed by atoms with E-state index in [1.54, 1.807) is 0 Å². The molecule has 41 heavy (non-hydrogen) atoms. The second kappa shape index (κ2) is 11.8. The fourth-order valence-electron chi connectivity index (χ4n) is 5.62. The second-order valence-electron chi connectivity index (χ2n) is 12.1. The first-order chi connectivity index (χ1) is 19.0. The van der Waals surface area contributed by atoms with Crippen LogP contribution in [0.4, 0.5) is 0 Å². The molecule has 0 bridgehead atoms. The van der Waals surface area contributed by atoms with Crippen LogP contribution in [0.15, 0.2) is 85.1 Å². The molecule has 0 amide bonds.